The zero-order chi connectivity index (χ0) is 36.5. The molecule has 2 saturated heterocycles. The molecule has 0 bridgehead atoms. The lowest BCUT2D eigenvalue weighted by Gasteiger charge is -2.33. The number of methoxy groups -OCH3 is 1. The molecule has 15 heteroatoms. The molecule has 2 atom stereocenters. The molecule has 2 fully saturated rings. The summed E-state index contributed by atoms with van der Waals surface area (Å²) in [6.07, 6.45) is -8.50. The van der Waals surface area contributed by atoms with E-state index < -0.39 is 53.3 Å². The third-order valence-corrected chi connectivity index (χ3v) is 8.53. The number of carboxylic acid groups (broad SMARTS) is 1. The average Bonchev–Trinajstić information content (AvgIpc) is 3.33. The Hall–Kier alpha value is -5.34. The van der Waals surface area contributed by atoms with Gasteiger partial charge in [-0.15, -0.1) is 0 Å². The molecule has 0 unspecified atom stereocenters. The van der Waals surface area contributed by atoms with Crippen LogP contribution in [0.5, 0.6) is 5.75 Å². The third kappa shape index (κ3) is 7.45. The highest BCUT2D eigenvalue weighted by atomic mass is 19.4. The van der Waals surface area contributed by atoms with E-state index in [0.29, 0.717) is 46.0 Å². The first-order chi connectivity index (χ1) is 23.5. The number of aromatic carboxylic acids is 1. The van der Waals surface area contributed by atoms with Crippen LogP contribution in [0.1, 0.15) is 59.1 Å². The standard InChI is InChI=1S/C35H32F6N4O5/c1-5-30(44-11-6-12-44)43-28(19(2)26-15-21(8-10-29(26)49-4)22-7-9-27(32(46)47)42-17-22)18-45-20(3)31(50-33(45)48)23-13-24(34(36,37)38)16-25(14-23)35(39,40)41/h5,7-10,13-17,20,31H,2,6,11-12,18H2,1,3-4H3,(H,46,47)/b30-5+,43-28?/t20-,31-/m0/s1. The van der Waals surface area contributed by atoms with Crippen molar-refractivity contribution < 1.29 is 50.5 Å². The second kappa shape index (κ2) is 13.9. The van der Waals surface area contributed by atoms with Gasteiger partial charge in [0.05, 0.1) is 36.5 Å². The number of hydrogen-bond donors (Lipinski definition) is 1. The van der Waals surface area contributed by atoms with E-state index in [1.54, 1.807) is 37.3 Å². The number of carbonyl (C=O) groups excluding carboxylic acids is 1. The molecule has 9 nitrogen and oxygen atoms in total. The lowest BCUT2D eigenvalue weighted by atomic mass is 9.95. The average molecular weight is 703 g/mol. The van der Waals surface area contributed by atoms with Crippen LogP contribution in [0.15, 0.2) is 78.2 Å². The SMILES string of the molecule is C=C(C(CN1C(=O)O[C@H](c2cc(C(F)(F)F)cc(C(F)(F)F)c2)[C@@H]1C)=N/C(=C\C)N1CCC1)c1cc(-c2ccc(C(=O)O)nc2)ccc1OC. The maximum absolute atomic E-state index is 13.6. The van der Waals surface area contributed by atoms with Crippen LogP contribution >= 0.6 is 0 Å². The highest BCUT2D eigenvalue weighted by Crippen LogP contribution is 2.41. The summed E-state index contributed by atoms with van der Waals surface area (Å²) in [7, 11) is 1.44. The number of hydrogen-bond acceptors (Lipinski definition) is 7. The van der Waals surface area contributed by atoms with Gasteiger partial charge in [-0.05, 0) is 73.9 Å². The van der Waals surface area contributed by atoms with Crippen LogP contribution < -0.4 is 4.74 Å². The van der Waals surface area contributed by atoms with Gasteiger partial charge in [-0.3, -0.25) is 4.90 Å². The van der Waals surface area contributed by atoms with E-state index in [2.05, 4.69) is 11.6 Å². The van der Waals surface area contributed by atoms with Gasteiger partial charge in [0, 0.05) is 36.0 Å². The Balaban J connectivity index is 1.53. The minimum atomic E-state index is -5.08. The molecule has 3 aromatic rings. The molecular formula is C35H32F6N4O5. The minimum absolute atomic E-state index is 0.0178. The molecule has 2 aliphatic heterocycles. The van der Waals surface area contributed by atoms with Crippen molar-refractivity contribution in [1.82, 2.24) is 14.8 Å². The Bertz CT molecular complexity index is 1830. The number of amides is 1. The van der Waals surface area contributed by atoms with Gasteiger partial charge in [-0.1, -0.05) is 18.7 Å². The summed E-state index contributed by atoms with van der Waals surface area (Å²) in [6, 6.07) is 8.17. The third-order valence-electron chi connectivity index (χ3n) is 8.53. The summed E-state index contributed by atoms with van der Waals surface area (Å²) >= 11 is 0. The van der Waals surface area contributed by atoms with Gasteiger partial charge in [0.15, 0.2) is 0 Å². The topological polar surface area (TPSA) is 105 Å². The second-order valence-electron chi connectivity index (χ2n) is 11.7. The largest absolute Gasteiger partial charge is 0.496 e. The lowest BCUT2D eigenvalue weighted by Crippen LogP contribution is -2.39. The quantitative estimate of drug-likeness (QED) is 0.168. The number of nitrogens with zero attached hydrogens (tertiary/aromatic N) is 4. The number of likely N-dealkylation sites (tertiary alicyclic amines) is 1. The fourth-order valence-electron chi connectivity index (χ4n) is 5.63. The Kier molecular flexibility index (Phi) is 9.98. The summed E-state index contributed by atoms with van der Waals surface area (Å²) in [5, 5.41) is 9.23. The first-order valence-corrected chi connectivity index (χ1v) is 15.3. The predicted octanol–water partition coefficient (Wildman–Crippen LogP) is 8.10. The van der Waals surface area contributed by atoms with Crippen LogP contribution in [0.25, 0.3) is 16.7 Å². The highest BCUT2D eigenvalue weighted by Gasteiger charge is 2.44. The summed E-state index contributed by atoms with van der Waals surface area (Å²) in [5.74, 6) is -0.236. The van der Waals surface area contributed by atoms with Crippen LogP contribution in [0, 0.1) is 0 Å². The molecular weight excluding hydrogens is 670 g/mol. The lowest BCUT2D eigenvalue weighted by molar-refractivity contribution is -0.143. The normalized spacial score (nSPS) is 18.5. The van der Waals surface area contributed by atoms with Crippen molar-refractivity contribution >= 4 is 23.3 Å². The number of allylic oxidation sites excluding steroid dienone is 1. The molecule has 1 N–H and O–H groups in total. The number of rotatable bonds is 10. The number of aliphatic imine (C=N–C) groups is 1. The van der Waals surface area contributed by atoms with Gasteiger partial charge in [-0.25, -0.2) is 19.6 Å². The molecule has 1 amide bonds. The van der Waals surface area contributed by atoms with Crippen LogP contribution in [-0.4, -0.2) is 70.5 Å². The predicted molar refractivity (Wildman–Crippen MR) is 171 cm³/mol. The second-order valence-corrected chi connectivity index (χ2v) is 11.7. The molecule has 50 heavy (non-hydrogen) atoms. The number of carboxylic acids is 1. The summed E-state index contributed by atoms with van der Waals surface area (Å²) in [5.41, 5.74) is -1.43. The van der Waals surface area contributed by atoms with Crippen molar-refractivity contribution in [3.63, 3.8) is 0 Å². The van der Waals surface area contributed by atoms with Crippen molar-refractivity contribution in [3.05, 3.63) is 101 Å². The molecule has 0 radical (unpaired) electrons. The van der Waals surface area contributed by atoms with E-state index in [9.17, 15) is 41.0 Å². The maximum Gasteiger partial charge on any atom is 0.416 e. The van der Waals surface area contributed by atoms with Gasteiger partial charge < -0.3 is 19.5 Å². The summed E-state index contributed by atoms with van der Waals surface area (Å²) in [6.45, 7) is 8.69. The highest BCUT2D eigenvalue weighted by molar-refractivity contribution is 6.25. The zero-order valence-corrected chi connectivity index (χ0v) is 27.1. The maximum atomic E-state index is 13.6. The number of carbonyl (C=O) groups is 2. The van der Waals surface area contributed by atoms with Crippen LogP contribution in [-0.2, 0) is 17.1 Å². The molecule has 2 aliphatic rings. The van der Waals surface area contributed by atoms with Gasteiger partial charge in [-0.2, -0.15) is 26.3 Å². The molecule has 5 rings (SSSR count). The summed E-state index contributed by atoms with van der Waals surface area (Å²) in [4.78, 5) is 36.6. The fraction of sp³-hybridized carbons (Fsp3) is 0.314. The van der Waals surface area contributed by atoms with E-state index in [1.807, 2.05) is 4.90 Å². The van der Waals surface area contributed by atoms with E-state index >= 15 is 0 Å². The first kappa shape index (κ1) is 36.0. The number of alkyl halides is 6. The molecule has 2 aromatic carbocycles. The van der Waals surface area contributed by atoms with Crippen molar-refractivity contribution in [2.24, 2.45) is 4.99 Å². The Labute approximate surface area is 283 Å². The van der Waals surface area contributed by atoms with Crippen molar-refractivity contribution in [2.45, 2.75) is 44.8 Å². The Morgan fingerprint density at radius 2 is 1.70 bits per heavy atom. The van der Waals surface area contributed by atoms with Crippen molar-refractivity contribution in [3.8, 4) is 16.9 Å². The minimum Gasteiger partial charge on any atom is -0.496 e. The molecule has 1 aromatic heterocycles. The van der Waals surface area contributed by atoms with Crippen LogP contribution in [0.4, 0.5) is 31.1 Å². The monoisotopic (exact) mass is 702 g/mol. The van der Waals surface area contributed by atoms with E-state index in [0.717, 1.165) is 19.5 Å². The van der Waals surface area contributed by atoms with Gasteiger partial charge in [0.2, 0.25) is 0 Å². The van der Waals surface area contributed by atoms with Crippen LogP contribution in [0.2, 0.25) is 0 Å². The van der Waals surface area contributed by atoms with Gasteiger partial charge in [0.25, 0.3) is 0 Å². The zero-order valence-electron chi connectivity index (χ0n) is 27.1. The number of halogens is 6. The van der Waals surface area contributed by atoms with Crippen LogP contribution in [0.3, 0.4) is 0 Å². The smallest absolute Gasteiger partial charge is 0.416 e. The molecule has 264 valence electrons. The van der Waals surface area contributed by atoms with Gasteiger partial charge >= 0.3 is 24.4 Å². The Morgan fingerprint density at radius 3 is 2.20 bits per heavy atom. The molecule has 0 saturated carbocycles. The van der Waals surface area contributed by atoms with E-state index in [-0.39, 0.29) is 24.0 Å². The summed E-state index contributed by atoms with van der Waals surface area (Å²) < 4.78 is 92.9. The number of aromatic nitrogens is 1. The van der Waals surface area contributed by atoms with E-state index in [4.69, 9.17) is 14.5 Å². The molecule has 0 spiro atoms. The van der Waals surface area contributed by atoms with Gasteiger partial charge in [0.1, 0.15) is 23.4 Å². The molecule has 3 heterocycles. The van der Waals surface area contributed by atoms with Crippen molar-refractivity contribution in [2.75, 3.05) is 26.7 Å². The first-order valence-electron chi connectivity index (χ1n) is 15.3. The molecule has 0 aliphatic carbocycles. The Morgan fingerprint density at radius 1 is 1.06 bits per heavy atom. The number of benzene rings is 2. The number of ether oxygens (including phenoxy) is 2. The fourth-order valence-corrected chi connectivity index (χ4v) is 5.63. The number of pyridine rings is 1. The van der Waals surface area contributed by atoms with Crippen molar-refractivity contribution in [1.29, 1.82) is 0 Å². The number of cyclic esters (lactones) is 1. The van der Waals surface area contributed by atoms with E-state index in [1.165, 1.54) is 31.2 Å².